The number of furan rings is 1. The fourth-order valence-corrected chi connectivity index (χ4v) is 3.09. The first-order valence-electron chi connectivity index (χ1n) is 7.75. The average molecular weight is 294 g/mol. The Morgan fingerprint density at radius 3 is 2.86 bits per heavy atom. The Kier molecular flexibility index (Phi) is 5.28. The van der Waals surface area contributed by atoms with Crippen molar-refractivity contribution < 1.29 is 14.3 Å². The van der Waals surface area contributed by atoms with Crippen molar-refractivity contribution in [3.8, 4) is 0 Å². The minimum Gasteiger partial charge on any atom is -0.466 e. The SMILES string of the molecule is Cc1cc(C(C)NC(=O)NCC2CCCC(O)C2)c(C)o1. The van der Waals surface area contributed by atoms with Crippen LogP contribution >= 0.6 is 0 Å². The third-order valence-corrected chi connectivity index (χ3v) is 4.20. The van der Waals surface area contributed by atoms with Crippen molar-refractivity contribution in [3.05, 3.63) is 23.2 Å². The lowest BCUT2D eigenvalue weighted by Gasteiger charge is -2.26. The fraction of sp³-hybridized carbons (Fsp3) is 0.688. The zero-order valence-corrected chi connectivity index (χ0v) is 13.1. The molecule has 21 heavy (non-hydrogen) atoms. The molecule has 1 heterocycles. The molecule has 3 unspecified atom stereocenters. The number of rotatable bonds is 4. The van der Waals surface area contributed by atoms with Crippen LogP contribution in [0.2, 0.25) is 0 Å². The number of nitrogens with one attached hydrogen (secondary N) is 2. The highest BCUT2D eigenvalue weighted by atomic mass is 16.3. The van der Waals surface area contributed by atoms with Crippen LogP contribution in [-0.4, -0.2) is 23.8 Å². The minimum absolute atomic E-state index is 0.0839. The van der Waals surface area contributed by atoms with E-state index in [1.165, 1.54) is 0 Å². The molecule has 0 aromatic carbocycles. The molecule has 0 spiro atoms. The molecule has 1 aliphatic carbocycles. The summed E-state index contributed by atoms with van der Waals surface area (Å²) >= 11 is 0. The van der Waals surface area contributed by atoms with Crippen molar-refractivity contribution >= 4 is 6.03 Å². The molecular formula is C16H26N2O3. The van der Waals surface area contributed by atoms with E-state index in [9.17, 15) is 9.90 Å². The number of aliphatic hydroxyl groups is 1. The van der Waals surface area contributed by atoms with Crippen molar-refractivity contribution in [2.24, 2.45) is 5.92 Å². The van der Waals surface area contributed by atoms with E-state index in [-0.39, 0.29) is 18.2 Å². The molecule has 1 aliphatic rings. The molecule has 5 nitrogen and oxygen atoms in total. The third-order valence-electron chi connectivity index (χ3n) is 4.20. The van der Waals surface area contributed by atoms with Crippen molar-refractivity contribution in [3.63, 3.8) is 0 Å². The van der Waals surface area contributed by atoms with Gasteiger partial charge in [-0.05, 0) is 52.0 Å². The number of urea groups is 1. The maximum Gasteiger partial charge on any atom is 0.315 e. The molecule has 0 radical (unpaired) electrons. The number of amides is 2. The van der Waals surface area contributed by atoms with Gasteiger partial charge in [-0.2, -0.15) is 0 Å². The van der Waals surface area contributed by atoms with E-state index < -0.39 is 0 Å². The molecular weight excluding hydrogens is 268 g/mol. The van der Waals surface area contributed by atoms with Gasteiger partial charge in [0.2, 0.25) is 0 Å². The van der Waals surface area contributed by atoms with Gasteiger partial charge in [0.1, 0.15) is 11.5 Å². The molecule has 118 valence electrons. The smallest absolute Gasteiger partial charge is 0.315 e. The first-order valence-corrected chi connectivity index (χ1v) is 7.75. The quantitative estimate of drug-likeness (QED) is 0.799. The Labute approximate surface area is 126 Å². The van der Waals surface area contributed by atoms with Gasteiger partial charge in [0.25, 0.3) is 0 Å². The summed E-state index contributed by atoms with van der Waals surface area (Å²) in [6.07, 6.45) is 3.59. The fourth-order valence-electron chi connectivity index (χ4n) is 3.09. The van der Waals surface area contributed by atoms with Crippen LogP contribution in [-0.2, 0) is 0 Å². The molecule has 5 heteroatoms. The van der Waals surface area contributed by atoms with Crippen LogP contribution in [0.3, 0.4) is 0 Å². The predicted molar refractivity (Wildman–Crippen MR) is 81.1 cm³/mol. The second-order valence-electron chi connectivity index (χ2n) is 6.13. The largest absolute Gasteiger partial charge is 0.466 e. The molecule has 0 bridgehead atoms. The summed E-state index contributed by atoms with van der Waals surface area (Å²) in [5, 5.41) is 15.5. The van der Waals surface area contributed by atoms with Crippen LogP contribution in [0.4, 0.5) is 4.79 Å². The molecule has 3 N–H and O–H groups in total. The average Bonchev–Trinajstić information content (AvgIpc) is 2.75. The molecule has 1 aromatic heterocycles. The summed E-state index contributed by atoms with van der Waals surface area (Å²) in [5.74, 6) is 2.08. The molecule has 0 saturated heterocycles. The van der Waals surface area contributed by atoms with E-state index in [1.54, 1.807) is 0 Å². The van der Waals surface area contributed by atoms with Crippen LogP contribution in [0.25, 0.3) is 0 Å². The van der Waals surface area contributed by atoms with Crippen molar-refractivity contribution in [1.82, 2.24) is 10.6 Å². The third kappa shape index (κ3) is 4.49. The van der Waals surface area contributed by atoms with Gasteiger partial charge in [0.05, 0.1) is 12.1 Å². The van der Waals surface area contributed by atoms with Gasteiger partial charge in [-0.1, -0.05) is 6.42 Å². The number of hydrogen-bond acceptors (Lipinski definition) is 3. The van der Waals surface area contributed by atoms with Crippen LogP contribution in [0, 0.1) is 19.8 Å². The lowest BCUT2D eigenvalue weighted by Crippen LogP contribution is -2.40. The zero-order chi connectivity index (χ0) is 15.4. The van der Waals surface area contributed by atoms with E-state index in [1.807, 2.05) is 26.8 Å². The van der Waals surface area contributed by atoms with Crippen molar-refractivity contribution in [2.75, 3.05) is 6.54 Å². The number of carbonyl (C=O) groups excluding carboxylic acids is 1. The van der Waals surface area contributed by atoms with Crippen LogP contribution < -0.4 is 10.6 Å². The Balaban J connectivity index is 1.77. The minimum atomic E-state index is -0.205. The van der Waals surface area contributed by atoms with Gasteiger partial charge in [-0.3, -0.25) is 0 Å². The standard InChI is InChI=1S/C16H26N2O3/c1-10-7-15(12(3)21-10)11(2)18-16(20)17-9-13-5-4-6-14(19)8-13/h7,11,13-14,19H,4-6,8-9H2,1-3H3,(H2,17,18,20). The molecule has 1 saturated carbocycles. The molecule has 2 amide bonds. The summed E-state index contributed by atoms with van der Waals surface area (Å²) in [4.78, 5) is 12.0. The summed E-state index contributed by atoms with van der Waals surface area (Å²) in [7, 11) is 0. The van der Waals surface area contributed by atoms with E-state index in [0.29, 0.717) is 12.5 Å². The summed E-state index contributed by atoms with van der Waals surface area (Å²) in [5.41, 5.74) is 1.01. The number of hydrogen-bond donors (Lipinski definition) is 3. The number of aryl methyl sites for hydroxylation is 2. The van der Waals surface area contributed by atoms with Crippen LogP contribution in [0.15, 0.2) is 10.5 Å². The van der Waals surface area contributed by atoms with E-state index in [4.69, 9.17) is 4.42 Å². The monoisotopic (exact) mass is 294 g/mol. The Morgan fingerprint density at radius 1 is 1.48 bits per heavy atom. The summed E-state index contributed by atoms with van der Waals surface area (Å²) < 4.78 is 5.48. The molecule has 1 aromatic rings. The highest BCUT2D eigenvalue weighted by Crippen LogP contribution is 2.24. The highest BCUT2D eigenvalue weighted by Gasteiger charge is 2.21. The first kappa shape index (κ1) is 15.9. The maximum absolute atomic E-state index is 12.0. The van der Waals surface area contributed by atoms with E-state index in [0.717, 1.165) is 42.8 Å². The maximum atomic E-state index is 12.0. The van der Waals surface area contributed by atoms with Gasteiger partial charge in [-0.15, -0.1) is 0 Å². The molecule has 0 aliphatic heterocycles. The van der Waals surface area contributed by atoms with Gasteiger partial charge in [0.15, 0.2) is 0 Å². The van der Waals surface area contributed by atoms with E-state index in [2.05, 4.69) is 10.6 Å². The van der Waals surface area contributed by atoms with Gasteiger partial charge in [0, 0.05) is 12.1 Å². The molecule has 2 rings (SSSR count). The number of aliphatic hydroxyl groups excluding tert-OH is 1. The Morgan fingerprint density at radius 2 is 2.24 bits per heavy atom. The predicted octanol–water partition coefficient (Wildman–Crippen LogP) is 2.81. The van der Waals surface area contributed by atoms with Crippen molar-refractivity contribution in [1.29, 1.82) is 0 Å². The second kappa shape index (κ2) is 6.98. The number of carbonyl (C=O) groups is 1. The second-order valence-corrected chi connectivity index (χ2v) is 6.13. The Bertz CT molecular complexity index is 484. The molecule has 3 atom stereocenters. The summed E-state index contributed by atoms with van der Waals surface area (Å²) in [6.45, 7) is 6.37. The normalized spacial score (nSPS) is 23.6. The van der Waals surface area contributed by atoms with E-state index >= 15 is 0 Å². The van der Waals surface area contributed by atoms with Crippen LogP contribution in [0.1, 0.15) is 55.7 Å². The highest BCUT2D eigenvalue weighted by molar-refractivity contribution is 5.74. The van der Waals surface area contributed by atoms with Gasteiger partial charge >= 0.3 is 6.03 Å². The zero-order valence-electron chi connectivity index (χ0n) is 13.1. The van der Waals surface area contributed by atoms with Gasteiger partial charge in [-0.25, -0.2) is 4.79 Å². The van der Waals surface area contributed by atoms with Crippen molar-refractivity contribution in [2.45, 2.75) is 58.6 Å². The topological polar surface area (TPSA) is 74.5 Å². The lowest BCUT2D eigenvalue weighted by atomic mass is 9.87. The first-order chi connectivity index (χ1) is 9.95. The summed E-state index contributed by atoms with van der Waals surface area (Å²) in [6, 6.07) is 1.71. The molecule has 1 fully saturated rings. The van der Waals surface area contributed by atoms with Gasteiger partial charge < -0.3 is 20.2 Å². The lowest BCUT2D eigenvalue weighted by molar-refractivity contribution is 0.101. The van der Waals surface area contributed by atoms with Crippen LogP contribution in [0.5, 0.6) is 0 Å². The Hall–Kier alpha value is -1.49.